The Morgan fingerprint density at radius 1 is 1.29 bits per heavy atom. The van der Waals surface area contributed by atoms with E-state index in [9.17, 15) is 4.79 Å². The van der Waals surface area contributed by atoms with Gasteiger partial charge in [0.15, 0.2) is 0 Å². The van der Waals surface area contributed by atoms with E-state index in [1.54, 1.807) is 11.3 Å². The molecule has 1 atom stereocenters. The zero-order chi connectivity index (χ0) is 14.8. The minimum absolute atomic E-state index is 0.223. The highest BCUT2D eigenvalue weighted by Gasteiger charge is 2.36. The van der Waals surface area contributed by atoms with E-state index >= 15 is 0 Å². The number of aromatic nitrogens is 1. The van der Waals surface area contributed by atoms with Crippen LogP contribution in [-0.2, 0) is 4.79 Å². The molecule has 4 nitrogen and oxygen atoms in total. The molecule has 3 rings (SSSR count). The molecular weight excluding hydrogens is 282 g/mol. The predicted molar refractivity (Wildman–Crippen MR) is 85.2 cm³/mol. The summed E-state index contributed by atoms with van der Waals surface area (Å²) in [4.78, 5) is 21.9. The first-order valence-electron chi connectivity index (χ1n) is 8.10. The lowest BCUT2D eigenvalue weighted by atomic mass is 9.94. The van der Waals surface area contributed by atoms with Gasteiger partial charge in [0.1, 0.15) is 5.01 Å². The van der Waals surface area contributed by atoms with Gasteiger partial charge in [-0.05, 0) is 52.6 Å². The molecule has 0 aromatic carbocycles. The second-order valence-corrected chi connectivity index (χ2v) is 7.39. The lowest BCUT2D eigenvalue weighted by molar-refractivity contribution is -0.138. The van der Waals surface area contributed by atoms with Gasteiger partial charge in [0, 0.05) is 30.1 Å². The van der Waals surface area contributed by atoms with Gasteiger partial charge < -0.3 is 9.80 Å². The van der Waals surface area contributed by atoms with Crippen LogP contribution in [0.25, 0.3) is 0 Å². The van der Waals surface area contributed by atoms with Gasteiger partial charge in [-0.2, -0.15) is 0 Å². The monoisotopic (exact) mass is 307 g/mol. The van der Waals surface area contributed by atoms with Crippen LogP contribution >= 0.6 is 11.3 Å². The number of hydrogen-bond donors (Lipinski definition) is 0. The second kappa shape index (κ2) is 6.44. The van der Waals surface area contributed by atoms with Gasteiger partial charge in [-0.25, -0.2) is 4.98 Å². The van der Waals surface area contributed by atoms with Crippen molar-refractivity contribution in [2.24, 2.45) is 5.92 Å². The number of nitrogens with zero attached hydrogens (tertiary/aromatic N) is 3. The Hall–Kier alpha value is -0.940. The van der Waals surface area contributed by atoms with Gasteiger partial charge in [0.25, 0.3) is 0 Å². The lowest BCUT2D eigenvalue weighted by Gasteiger charge is -2.36. The Morgan fingerprint density at radius 3 is 2.67 bits per heavy atom. The van der Waals surface area contributed by atoms with E-state index in [-0.39, 0.29) is 12.0 Å². The van der Waals surface area contributed by atoms with Crippen molar-refractivity contribution >= 4 is 17.2 Å². The summed E-state index contributed by atoms with van der Waals surface area (Å²) in [5.41, 5.74) is 0. The summed E-state index contributed by atoms with van der Waals surface area (Å²) < 4.78 is 0. The Balaban J connectivity index is 1.63. The zero-order valence-electron chi connectivity index (χ0n) is 13.0. The molecule has 0 aliphatic carbocycles. The third kappa shape index (κ3) is 3.14. The maximum atomic E-state index is 12.9. The molecule has 0 radical (unpaired) electrons. The van der Waals surface area contributed by atoms with Crippen LogP contribution in [0, 0.1) is 5.92 Å². The first kappa shape index (κ1) is 15.0. The number of piperidine rings is 1. The number of carbonyl (C=O) groups is 1. The Kier molecular flexibility index (Phi) is 4.60. The van der Waals surface area contributed by atoms with E-state index in [1.165, 1.54) is 0 Å². The van der Waals surface area contributed by atoms with Gasteiger partial charge in [-0.3, -0.25) is 4.79 Å². The molecule has 1 amide bonds. The minimum atomic E-state index is 0.223. The molecule has 2 aliphatic rings. The number of thiazole rings is 1. The van der Waals surface area contributed by atoms with Crippen LogP contribution in [0.3, 0.4) is 0 Å². The van der Waals surface area contributed by atoms with Crippen molar-refractivity contribution in [2.45, 2.75) is 51.6 Å². The summed E-state index contributed by atoms with van der Waals surface area (Å²) >= 11 is 1.68. The average molecular weight is 307 g/mol. The van der Waals surface area contributed by atoms with E-state index in [2.05, 4.69) is 28.6 Å². The quantitative estimate of drug-likeness (QED) is 0.861. The standard InChI is InChI=1S/C16H25N3OS/c1-12(2)18-9-5-13(6-10-18)16(20)19-8-3-4-14(19)15-17-7-11-21-15/h7,11-14H,3-6,8-10H2,1-2H3/t14-/m1/s1. The summed E-state index contributed by atoms with van der Waals surface area (Å²) in [5.74, 6) is 0.594. The van der Waals surface area contributed by atoms with Crippen LogP contribution in [0.2, 0.25) is 0 Å². The highest BCUT2D eigenvalue weighted by atomic mass is 32.1. The van der Waals surface area contributed by atoms with Crippen molar-refractivity contribution in [3.8, 4) is 0 Å². The molecule has 0 N–H and O–H groups in total. The number of likely N-dealkylation sites (tertiary alicyclic amines) is 2. The van der Waals surface area contributed by atoms with E-state index in [4.69, 9.17) is 0 Å². The van der Waals surface area contributed by atoms with Crippen molar-refractivity contribution in [1.82, 2.24) is 14.8 Å². The van der Waals surface area contributed by atoms with Gasteiger partial charge >= 0.3 is 0 Å². The van der Waals surface area contributed by atoms with Gasteiger partial charge in [0.2, 0.25) is 5.91 Å². The van der Waals surface area contributed by atoms with Crippen LogP contribution in [0.15, 0.2) is 11.6 Å². The number of carbonyl (C=O) groups excluding carboxylic acids is 1. The van der Waals surface area contributed by atoms with Crippen LogP contribution in [0.1, 0.15) is 50.6 Å². The Morgan fingerprint density at radius 2 is 2.05 bits per heavy atom. The third-order valence-corrected chi connectivity index (χ3v) is 5.76. The molecule has 0 saturated carbocycles. The summed E-state index contributed by atoms with van der Waals surface area (Å²) in [6.07, 6.45) is 6.06. The molecule has 0 bridgehead atoms. The zero-order valence-corrected chi connectivity index (χ0v) is 13.8. The van der Waals surface area contributed by atoms with Gasteiger partial charge in [-0.1, -0.05) is 0 Å². The topological polar surface area (TPSA) is 36.4 Å². The Labute approximate surface area is 131 Å². The van der Waals surface area contributed by atoms with Crippen LogP contribution in [0.5, 0.6) is 0 Å². The van der Waals surface area contributed by atoms with E-state index in [1.807, 2.05) is 11.6 Å². The average Bonchev–Trinajstić information content (AvgIpc) is 3.17. The van der Waals surface area contributed by atoms with Gasteiger partial charge in [0.05, 0.1) is 6.04 Å². The molecule has 1 aromatic heterocycles. The first-order chi connectivity index (χ1) is 10.2. The summed E-state index contributed by atoms with van der Waals surface area (Å²) in [5, 5.41) is 3.12. The molecule has 1 aromatic rings. The predicted octanol–water partition coefficient (Wildman–Crippen LogP) is 2.93. The molecule has 2 aliphatic heterocycles. The van der Waals surface area contributed by atoms with E-state index in [0.29, 0.717) is 11.9 Å². The molecule has 2 saturated heterocycles. The molecule has 116 valence electrons. The first-order valence-corrected chi connectivity index (χ1v) is 8.98. The number of hydrogen-bond acceptors (Lipinski definition) is 4. The number of rotatable bonds is 3. The maximum absolute atomic E-state index is 12.9. The highest BCUT2D eigenvalue weighted by molar-refractivity contribution is 7.09. The largest absolute Gasteiger partial charge is 0.333 e. The fourth-order valence-corrected chi connectivity index (χ4v) is 4.37. The summed E-state index contributed by atoms with van der Waals surface area (Å²) in [6, 6.07) is 0.830. The van der Waals surface area contributed by atoms with Gasteiger partial charge in [-0.15, -0.1) is 11.3 Å². The molecule has 2 fully saturated rings. The van der Waals surface area contributed by atoms with E-state index < -0.39 is 0 Å². The van der Waals surface area contributed by atoms with Crippen LogP contribution in [0.4, 0.5) is 0 Å². The summed E-state index contributed by atoms with van der Waals surface area (Å²) in [7, 11) is 0. The third-order valence-electron chi connectivity index (χ3n) is 4.88. The maximum Gasteiger partial charge on any atom is 0.226 e. The fraction of sp³-hybridized carbons (Fsp3) is 0.750. The number of amides is 1. The van der Waals surface area contributed by atoms with E-state index in [0.717, 1.165) is 50.3 Å². The molecule has 5 heteroatoms. The fourth-order valence-electron chi connectivity index (χ4n) is 3.58. The van der Waals surface area contributed by atoms with Crippen molar-refractivity contribution < 1.29 is 4.79 Å². The highest BCUT2D eigenvalue weighted by Crippen LogP contribution is 2.35. The van der Waals surface area contributed by atoms with Crippen molar-refractivity contribution in [1.29, 1.82) is 0 Å². The van der Waals surface area contributed by atoms with Crippen molar-refractivity contribution in [3.63, 3.8) is 0 Å². The normalized spacial score (nSPS) is 24.9. The molecule has 3 heterocycles. The molecule has 0 spiro atoms. The molecular formula is C16H25N3OS. The van der Waals surface area contributed by atoms with Crippen LogP contribution < -0.4 is 0 Å². The lowest BCUT2D eigenvalue weighted by Crippen LogP contribution is -2.44. The second-order valence-electron chi connectivity index (χ2n) is 6.46. The van der Waals surface area contributed by atoms with Crippen LogP contribution in [-0.4, -0.2) is 46.4 Å². The Bertz CT molecular complexity index is 466. The summed E-state index contributed by atoms with van der Waals surface area (Å²) in [6.45, 7) is 7.50. The minimum Gasteiger partial charge on any atom is -0.333 e. The molecule has 0 unspecified atom stereocenters. The smallest absolute Gasteiger partial charge is 0.226 e. The SMILES string of the molecule is CC(C)N1CCC(C(=O)N2CCC[C@@H]2c2nccs2)CC1. The molecule has 21 heavy (non-hydrogen) atoms. The van der Waals surface area contributed by atoms with Crippen molar-refractivity contribution in [3.05, 3.63) is 16.6 Å². The van der Waals surface area contributed by atoms with Crippen molar-refractivity contribution in [2.75, 3.05) is 19.6 Å².